The maximum absolute atomic E-state index is 13.2. The summed E-state index contributed by atoms with van der Waals surface area (Å²) < 4.78 is 13.2. The molecule has 1 amide bonds. The summed E-state index contributed by atoms with van der Waals surface area (Å²) in [4.78, 5) is 29.8. The molecule has 0 radical (unpaired) electrons. The Balaban J connectivity index is 2.16. The highest BCUT2D eigenvalue weighted by Gasteiger charge is 2.38. The van der Waals surface area contributed by atoms with Gasteiger partial charge in [-0.1, -0.05) is 19.1 Å². The first-order valence-corrected chi connectivity index (χ1v) is 8.89. The van der Waals surface area contributed by atoms with Crippen molar-refractivity contribution in [1.29, 1.82) is 0 Å². The molecule has 3 rings (SSSR count). The topological polar surface area (TPSA) is 70.5 Å². The van der Waals surface area contributed by atoms with Gasteiger partial charge in [0.1, 0.15) is 11.2 Å². The van der Waals surface area contributed by atoms with Gasteiger partial charge in [0, 0.05) is 6.20 Å². The molecule has 25 heavy (non-hydrogen) atoms. The van der Waals surface area contributed by atoms with Gasteiger partial charge in [0.15, 0.2) is 5.69 Å². The van der Waals surface area contributed by atoms with Gasteiger partial charge in [0.2, 0.25) is 5.91 Å². The molecule has 1 aromatic carbocycles. The fourth-order valence-corrected chi connectivity index (χ4v) is 4.14. The summed E-state index contributed by atoms with van der Waals surface area (Å²) in [6.45, 7) is 3.76. The van der Waals surface area contributed by atoms with Gasteiger partial charge in [-0.05, 0) is 42.2 Å². The molecule has 0 saturated carbocycles. The number of carbonyl (C=O) groups excluding carboxylic acids is 1. The molecule has 1 saturated heterocycles. The first kappa shape index (κ1) is 17.4. The third-order valence-corrected chi connectivity index (χ3v) is 5.47. The Bertz CT molecular complexity index is 839. The maximum atomic E-state index is 13.2. The zero-order chi connectivity index (χ0) is 18.1. The molecule has 1 aliphatic rings. The van der Waals surface area contributed by atoms with Crippen LogP contribution in [0, 0.1) is 12.7 Å². The predicted molar refractivity (Wildman–Crippen MR) is 94.4 cm³/mol. The van der Waals surface area contributed by atoms with Crippen LogP contribution in [-0.2, 0) is 11.2 Å². The normalized spacial score (nSPS) is 17.2. The first-order chi connectivity index (χ1) is 11.9. The van der Waals surface area contributed by atoms with E-state index in [2.05, 4.69) is 4.98 Å². The molecule has 2 aromatic rings. The van der Waals surface area contributed by atoms with Crippen LogP contribution >= 0.6 is 11.8 Å². The van der Waals surface area contributed by atoms with E-state index in [1.54, 1.807) is 25.3 Å². The number of carboxylic acid groups (broad SMARTS) is 1. The van der Waals surface area contributed by atoms with Crippen LogP contribution in [0.5, 0.6) is 0 Å². The number of benzene rings is 1. The number of anilines is 1. The van der Waals surface area contributed by atoms with E-state index < -0.39 is 11.3 Å². The van der Waals surface area contributed by atoms with E-state index in [4.69, 9.17) is 0 Å². The minimum absolute atomic E-state index is 0.141. The number of aromatic carboxylic acids is 1. The molecule has 130 valence electrons. The van der Waals surface area contributed by atoms with Gasteiger partial charge in [0.05, 0.1) is 11.4 Å². The number of rotatable bonds is 4. The number of hydrogen-bond acceptors (Lipinski definition) is 4. The molecular weight excluding hydrogens is 343 g/mol. The van der Waals surface area contributed by atoms with Crippen LogP contribution in [0.4, 0.5) is 10.1 Å². The SMILES string of the molecule is CCc1cnc(C(=O)O)c(N2C(=O)CSC2c2ccc(F)cc2)c1C. The number of thioether (sulfide) groups is 1. The zero-order valence-corrected chi connectivity index (χ0v) is 14.6. The number of nitrogens with zero attached hydrogens (tertiary/aromatic N) is 2. The van der Waals surface area contributed by atoms with Gasteiger partial charge in [-0.15, -0.1) is 11.8 Å². The molecule has 0 spiro atoms. The van der Waals surface area contributed by atoms with Gasteiger partial charge < -0.3 is 5.11 Å². The Morgan fingerprint density at radius 3 is 2.68 bits per heavy atom. The lowest BCUT2D eigenvalue weighted by Gasteiger charge is -2.27. The van der Waals surface area contributed by atoms with E-state index in [-0.39, 0.29) is 23.2 Å². The zero-order valence-electron chi connectivity index (χ0n) is 13.8. The molecule has 1 fully saturated rings. The second-order valence-corrected chi connectivity index (χ2v) is 6.81. The summed E-state index contributed by atoms with van der Waals surface area (Å²) in [7, 11) is 0. The van der Waals surface area contributed by atoms with Crippen molar-refractivity contribution in [3.8, 4) is 0 Å². The highest BCUT2D eigenvalue weighted by Crippen LogP contribution is 2.44. The lowest BCUT2D eigenvalue weighted by atomic mass is 10.0. The fraction of sp³-hybridized carbons (Fsp3) is 0.278. The molecule has 1 atom stereocenters. The second kappa shape index (κ2) is 6.84. The largest absolute Gasteiger partial charge is 0.476 e. The molecule has 0 aliphatic carbocycles. The molecule has 5 nitrogen and oxygen atoms in total. The Hall–Kier alpha value is -2.41. The molecule has 1 aromatic heterocycles. The third-order valence-electron chi connectivity index (χ3n) is 4.26. The van der Waals surface area contributed by atoms with Crippen LogP contribution in [0.1, 0.15) is 39.5 Å². The van der Waals surface area contributed by atoms with E-state index in [0.717, 1.165) is 16.7 Å². The molecular formula is C18H17FN2O3S. The molecule has 2 heterocycles. The van der Waals surface area contributed by atoms with Crippen LogP contribution in [0.2, 0.25) is 0 Å². The van der Waals surface area contributed by atoms with Crippen LogP contribution < -0.4 is 4.90 Å². The Morgan fingerprint density at radius 2 is 2.08 bits per heavy atom. The van der Waals surface area contributed by atoms with Gasteiger partial charge in [-0.2, -0.15) is 0 Å². The first-order valence-electron chi connectivity index (χ1n) is 7.85. The third kappa shape index (κ3) is 3.11. The summed E-state index contributed by atoms with van der Waals surface area (Å²) >= 11 is 1.39. The summed E-state index contributed by atoms with van der Waals surface area (Å²) in [6, 6.07) is 5.90. The van der Waals surface area contributed by atoms with Crippen molar-refractivity contribution in [3.63, 3.8) is 0 Å². The minimum Gasteiger partial charge on any atom is -0.476 e. The van der Waals surface area contributed by atoms with Crippen LogP contribution in [0.25, 0.3) is 0 Å². The van der Waals surface area contributed by atoms with Crippen LogP contribution in [-0.4, -0.2) is 27.7 Å². The van der Waals surface area contributed by atoms with Gasteiger partial charge in [0.25, 0.3) is 0 Å². The molecule has 1 N–H and O–H groups in total. The van der Waals surface area contributed by atoms with Crippen molar-refractivity contribution < 1.29 is 19.1 Å². The van der Waals surface area contributed by atoms with E-state index in [9.17, 15) is 19.1 Å². The summed E-state index contributed by atoms with van der Waals surface area (Å²) in [6.07, 6.45) is 2.23. The molecule has 7 heteroatoms. The fourth-order valence-electron chi connectivity index (χ4n) is 2.98. The number of hydrogen-bond donors (Lipinski definition) is 1. The van der Waals surface area contributed by atoms with Crippen LogP contribution in [0.15, 0.2) is 30.5 Å². The lowest BCUT2D eigenvalue weighted by Crippen LogP contribution is -2.31. The van der Waals surface area contributed by atoms with Gasteiger partial charge in [-0.3, -0.25) is 9.69 Å². The van der Waals surface area contributed by atoms with E-state index in [1.165, 1.54) is 28.8 Å². The molecule has 0 bridgehead atoms. The number of carboxylic acids is 1. The average Bonchev–Trinajstić information content (AvgIpc) is 2.96. The van der Waals surface area contributed by atoms with Crippen molar-refractivity contribution in [2.24, 2.45) is 0 Å². The predicted octanol–water partition coefficient (Wildman–Crippen LogP) is 3.57. The average molecular weight is 360 g/mol. The number of amides is 1. The Morgan fingerprint density at radius 1 is 1.40 bits per heavy atom. The van der Waals surface area contributed by atoms with Crippen molar-refractivity contribution in [1.82, 2.24) is 4.98 Å². The van der Waals surface area contributed by atoms with Crippen molar-refractivity contribution in [2.75, 3.05) is 10.7 Å². The standard InChI is InChI=1S/C18H17FN2O3S/c1-3-11-8-20-15(18(23)24)16(10(11)2)21-14(22)9-25-17(21)12-4-6-13(19)7-5-12/h4-8,17H,3,9H2,1-2H3,(H,23,24). The van der Waals surface area contributed by atoms with Gasteiger partial charge in [-0.25, -0.2) is 14.2 Å². The number of pyridine rings is 1. The summed E-state index contributed by atoms with van der Waals surface area (Å²) in [5.74, 6) is -1.48. The van der Waals surface area contributed by atoms with E-state index in [1.807, 2.05) is 6.92 Å². The number of carbonyl (C=O) groups is 2. The Labute approximate surface area is 148 Å². The molecule has 1 aliphatic heterocycles. The lowest BCUT2D eigenvalue weighted by molar-refractivity contribution is -0.115. The monoisotopic (exact) mass is 360 g/mol. The van der Waals surface area contributed by atoms with Crippen molar-refractivity contribution >= 4 is 29.3 Å². The van der Waals surface area contributed by atoms with Crippen molar-refractivity contribution in [2.45, 2.75) is 25.6 Å². The summed E-state index contributed by atoms with van der Waals surface area (Å²) in [5.41, 5.74) is 2.56. The number of aryl methyl sites for hydroxylation is 1. The minimum atomic E-state index is -1.18. The van der Waals surface area contributed by atoms with E-state index >= 15 is 0 Å². The smallest absolute Gasteiger partial charge is 0.356 e. The highest BCUT2D eigenvalue weighted by atomic mass is 32.2. The number of halogens is 1. The molecule has 1 unspecified atom stereocenters. The Kier molecular flexibility index (Phi) is 4.76. The van der Waals surface area contributed by atoms with Crippen LogP contribution in [0.3, 0.4) is 0 Å². The quantitative estimate of drug-likeness (QED) is 0.903. The summed E-state index contributed by atoms with van der Waals surface area (Å²) in [5, 5.41) is 9.13. The highest BCUT2D eigenvalue weighted by molar-refractivity contribution is 8.00. The van der Waals surface area contributed by atoms with Gasteiger partial charge >= 0.3 is 5.97 Å². The van der Waals surface area contributed by atoms with E-state index in [0.29, 0.717) is 12.1 Å². The maximum Gasteiger partial charge on any atom is 0.356 e. The van der Waals surface area contributed by atoms with Crippen molar-refractivity contribution in [3.05, 3.63) is 58.7 Å². The second-order valence-electron chi connectivity index (χ2n) is 5.74. The number of aromatic nitrogens is 1.